The lowest BCUT2D eigenvalue weighted by atomic mass is 10.0. The van der Waals surface area contributed by atoms with Gasteiger partial charge in [0.05, 0.1) is 6.54 Å². The van der Waals surface area contributed by atoms with E-state index in [4.69, 9.17) is 0 Å². The minimum Gasteiger partial charge on any atom is -0.369 e. The highest BCUT2D eigenvalue weighted by Crippen LogP contribution is 2.29. The van der Waals surface area contributed by atoms with Crippen LogP contribution in [0.5, 0.6) is 0 Å². The van der Waals surface area contributed by atoms with Gasteiger partial charge in [0.25, 0.3) is 5.91 Å². The lowest BCUT2D eigenvalue weighted by Crippen LogP contribution is -2.63. The van der Waals surface area contributed by atoms with Gasteiger partial charge in [-0.3, -0.25) is 19.9 Å². The summed E-state index contributed by atoms with van der Waals surface area (Å²) < 4.78 is 0. The molecule has 0 saturated carbocycles. The number of nitrogens with one attached hydrogen (secondary N) is 1. The molecule has 1 N–H and O–H groups in total. The first-order chi connectivity index (χ1) is 17.0. The topological polar surface area (TPSA) is 76.2 Å². The van der Waals surface area contributed by atoms with Gasteiger partial charge in [0, 0.05) is 75.1 Å². The van der Waals surface area contributed by atoms with E-state index >= 15 is 0 Å². The van der Waals surface area contributed by atoms with E-state index < -0.39 is 0 Å². The summed E-state index contributed by atoms with van der Waals surface area (Å²) in [5.74, 6) is -0.412. The summed E-state index contributed by atoms with van der Waals surface area (Å²) in [4.78, 5) is 42.6. The second kappa shape index (κ2) is 10.1. The molecule has 35 heavy (non-hydrogen) atoms. The van der Waals surface area contributed by atoms with Gasteiger partial charge < -0.3 is 14.6 Å². The van der Waals surface area contributed by atoms with Gasteiger partial charge in [-0.15, -0.1) is 0 Å². The Bertz CT molecular complexity index is 1110. The molecule has 8 nitrogen and oxygen atoms in total. The van der Waals surface area contributed by atoms with Crippen LogP contribution >= 0.6 is 0 Å². The van der Waals surface area contributed by atoms with Crippen molar-refractivity contribution in [3.8, 4) is 0 Å². The summed E-state index contributed by atoms with van der Waals surface area (Å²) in [7, 11) is 0. The molecule has 2 aromatic carbocycles. The van der Waals surface area contributed by atoms with Gasteiger partial charge in [-0.2, -0.15) is 0 Å². The maximum Gasteiger partial charge on any atom is 0.272 e. The van der Waals surface area contributed by atoms with Crippen molar-refractivity contribution in [3.05, 3.63) is 59.2 Å². The summed E-state index contributed by atoms with van der Waals surface area (Å²) in [5.41, 5.74) is 8.02. The van der Waals surface area contributed by atoms with E-state index in [1.807, 2.05) is 12.1 Å². The molecule has 0 spiro atoms. The lowest BCUT2D eigenvalue weighted by molar-refractivity contribution is -0.125. The molecule has 184 valence electrons. The molecule has 3 heterocycles. The Hall–Kier alpha value is -3.39. The van der Waals surface area contributed by atoms with Crippen LogP contribution in [0.3, 0.4) is 0 Å². The third kappa shape index (κ3) is 5.03. The van der Waals surface area contributed by atoms with Gasteiger partial charge in [0.1, 0.15) is 6.29 Å². The second-order valence-electron chi connectivity index (χ2n) is 9.75. The van der Waals surface area contributed by atoms with Crippen LogP contribution in [0.25, 0.3) is 0 Å². The standard InChI is InChI=1S/C27H33N5O3/c1-20-5-4-6-22(15-20)31-18-24(19-31)30-12-10-29(11-13-30)23-8-9-25-21(16-23)17-32(27(25)35)28-26(34)7-2-3-14-33/h4-6,8-9,14-16,24H,2-3,7,10-13,17-19H2,1H3,(H,28,34). The van der Waals surface area contributed by atoms with Crippen molar-refractivity contribution in [2.75, 3.05) is 49.1 Å². The molecule has 0 atom stereocenters. The number of nitrogens with zero attached hydrogens (tertiary/aromatic N) is 4. The van der Waals surface area contributed by atoms with Crippen LogP contribution in [-0.2, 0) is 16.1 Å². The molecular weight excluding hydrogens is 442 g/mol. The number of benzene rings is 2. The number of anilines is 2. The Balaban J connectivity index is 1.12. The quantitative estimate of drug-likeness (QED) is 0.467. The molecule has 2 amide bonds. The first-order valence-electron chi connectivity index (χ1n) is 12.5. The van der Waals surface area contributed by atoms with E-state index in [-0.39, 0.29) is 18.2 Å². The van der Waals surface area contributed by atoms with Crippen LogP contribution in [0.2, 0.25) is 0 Å². The Morgan fingerprint density at radius 1 is 1.03 bits per heavy atom. The third-order valence-electron chi connectivity index (χ3n) is 7.30. The van der Waals surface area contributed by atoms with Crippen molar-refractivity contribution < 1.29 is 14.4 Å². The minimum atomic E-state index is -0.235. The number of piperazine rings is 1. The van der Waals surface area contributed by atoms with E-state index in [0.29, 0.717) is 31.0 Å². The zero-order valence-electron chi connectivity index (χ0n) is 20.3. The predicted octanol–water partition coefficient (Wildman–Crippen LogP) is 2.36. The fraction of sp³-hybridized carbons (Fsp3) is 0.444. The lowest BCUT2D eigenvalue weighted by Gasteiger charge is -2.49. The molecule has 5 rings (SSSR count). The summed E-state index contributed by atoms with van der Waals surface area (Å²) in [5, 5.41) is 1.38. The molecule has 0 unspecified atom stereocenters. The van der Waals surface area contributed by atoms with Gasteiger partial charge >= 0.3 is 0 Å². The van der Waals surface area contributed by atoms with Gasteiger partial charge in [0.2, 0.25) is 5.91 Å². The smallest absolute Gasteiger partial charge is 0.272 e. The monoisotopic (exact) mass is 475 g/mol. The molecule has 8 heteroatoms. The largest absolute Gasteiger partial charge is 0.369 e. The number of carbonyl (C=O) groups is 3. The summed E-state index contributed by atoms with van der Waals surface area (Å²) in [6, 6.07) is 15.3. The molecule has 0 radical (unpaired) electrons. The van der Waals surface area contributed by atoms with E-state index in [1.54, 1.807) is 0 Å². The third-order valence-corrected chi connectivity index (χ3v) is 7.30. The molecule has 3 aliphatic rings. The van der Waals surface area contributed by atoms with E-state index in [2.05, 4.69) is 57.4 Å². The summed E-state index contributed by atoms with van der Waals surface area (Å²) in [6.07, 6.45) is 1.88. The molecule has 2 aromatic rings. The van der Waals surface area contributed by atoms with Crippen LogP contribution in [-0.4, -0.2) is 73.3 Å². The Kier molecular flexibility index (Phi) is 6.72. The normalized spacial score (nSPS) is 18.4. The molecular formula is C27H33N5O3. The summed E-state index contributed by atoms with van der Waals surface area (Å²) >= 11 is 0. The van der Waals surface area contributed by atoms with Gasteiger partial charge in [0.15, 0.2) is 0 Å². The average molecular weight is 476 g/mol. The number of hydrogen-bond donors (Lipinski definition) is 1. The molecule has 2 fully saturated rings. The average Bonchev–Trinajstić information content (AvgIpc) is 3.13. The zero-order chi connectivity index (χ0) is 24.4. The number of fused-ring (bicyclic) bond motifs is 1. The van der Waals surface area contributed by atoms with Gasteiger partial charge in [-0.1, -0.05) is 12.1 Å². The second-order valence-corrected chi connectivity index (χ2v) is 9.75. The van der Waals surface area contributed by atoms with Gasteiger partial charge in [-0.05, 0) is 54.8 Å². The van der Waals surface area contributed by atoms with Crippen LogP contribution in [0, 0.1) is 6.92 Å². The Morgan fingerprint density at radius 2 is 1.80 bits per heavy atom. The fourth-order valence-corrected chi connectivity index (χ4v) is 5.21. The predicted molar refractivity (Wildman–Crippen MR) is 135 cm³/mol. The number of amides is 2. The van der Waals surface area contributed by atoms with Crippen molar-refractivity contribution in [1.29, 1.82) is 0 Å². The van der Waals surface area contributed by atoms with Crippen molar-refractivity contribution in [1.82, 2.24) is 15.3 Å². The molecule has 0 aliphatic carbocycles. The fourth-order valence-electron chi connectivity index (χ4n) is 5.21. The Morgan fingerprint density at radius 3 is 2.54 bits per heavy atom. The van der Waals surface area contributed by atoms with Gasteiger partial charge in [-0.25, -0.2) is 5.01 Å². The highest BCUT2D eigenvalue weighted by atomic mass is 16.2. The number of aldehydes is 1. The maximum atomic E-state index is 12.7. The molecule has 3 aliphatic heterocycles. The number of hydrogen-bond acceptors (Lipinski definition) is 6. The maximum absolute atomic E-state index is 12.7. The van der Waals surface area contributed by atoms with Crippen molar-refractivity contribution in [2.24, 2.45) is 0 Å². The first-order valence-corrected chi connectivity index (χ1v) is 12.5. The van der Waals surface area contributed by atoms with Crippen molar-refractivity contribution in [3.63, 3.8) is 0 Å². The van der Waals surface area contributed by atoms with Crippen LogP contribution in [0.4, 0.5) is 11.4 Å². The number of rotatable bonds is 8. The highest BCUT2D eigenvalue weighted by Gasteiger charge is 2.34. The number of hydrazine groups is 1. The number of aryl methyl sites for hydroxylation is 1. The number of unbranched alkanes of at least 4 members (excludes halogenated alkanes) is 1. The van der Waals surface area contributed by atoms with Crippen LogP contribution in [0.15, 0.2) is 42.5 Å². The van der Waals surface area contributed by atoms with E-state index in [9.17, 15) is 14.4 Å². The molecule has 2 saturated heterocycles. The highest BCUT2D eigenvalue weighted by molar-refractivity contribution is 5.99. The number of carbonyl (C=O) groups excluding carboxylic acids is 3. The summed E-state index contributed by atoms with van der Waals surface area (Å²) in [6.45, 7) is 8.67. The van der Waals surface area contributed by atoms with Crippen molar-refractivity contribution in [2.45, 2.75) is 38.8 Å². The molecule has 0 aromatic heterocycles. The van der Waals surface area contributed by atoms with Crippen LogP contribution in [0.1, 0.15) is 40.7 Å². The Labute approximate surface area is 206 Å². The molecule has 0 bridgehead atoms. The van der Waals surface area contributed by atoms with Crippen molar-refractivity contribution >= 4 is 29.5 Å². The van der Waals surface area contributed by atoms with E-state index in [1.165, 1.54) is 16.3 Å². The van der Waals surface area contributed by atoms with E-state index in [0.717, 1.165) is 56.8 Å². The SMILES string of the molecule is Cc1cccc(N2CC(N3CCN(c4ccc5c(c4)CN(NC(=O)CCCC=O)C5=O)CC3)C2)c1. The first kappa shape index (κ1) is 23.4. The van der Waals surface area contributed by atoms with Crippen LogP contribution < -0.4 is 15.2 Å². The minimum absolute atomic E-state index is 0.178. The zero-order valence-corrected chi connectivity index (χ0v) is 20.3.